The van der Waals surface area contributed by atoms with Crippen LogP contribution in [-0.2, 0) is 6.54 Å². The maximum absolute atomic E-state index is 13.6. The average Bonchev–Trinajstić information content (AvgIpc) is 2.40. The van der Waals surface area contributed by atoms with E-state index in [1.807, 2.05) is 19.1 Å². The smallest absolute Gasteiger partial charge is 0.126 e. The molecule has 1 heterocycles. The standard InChI is InChI=1S/C15H15Br2FN2/c1-9-3-4-11(5-14(9)18)10(2)19-8-15-13(17)6-12(16)7-20-15/h3-7,10,19H,8H2,1-2H3. The summed E-state index contributed by atoms with van der Waals surface area (Å²) in [5.74, 6) is -0.168. The van der Waals surface area contributed by atoms with Crippen LogP contribution in [0.4, 0.5) is 4.39 Å². The minimum absolute atomic E-state index is 0.0578. The molecular formula is C15H15Br2FN2. The molecule has 0 spiro atoms. The highest BCUT2D eigenvalue weighted by Gasteiger charge is 2.09. The molecule has 106 valence electrons. The number of nitrogens with zero attached hydrogens (tertiary/aromatic N) is 1. The third-order valence-corrected chi connectivity index (χ3v) is 4.28. The lowest BCUT2D eigenvalue weighted by atomic mass is 10.1. The molecule has 1 aromatic heterocycles. The molecule has 20 heavy (non-hydrogen) atoms. The molecule has 0 fully saturated rings. The molecule has 1 atom stereocenters. The Morgan fingerprint density at radius 3 is 2.70 bits per heavy atom. The summed E-state index contributed by atoms with van der Waals surface area (Å²) in [6.45, 7) is 4.39. The maximum Gasteiger partial charge on any atom is 0.126 e. The van der Waals surface area contributed by atoms with Crippen molar-refractivity contribution in [3.8, 4) is 0 Å². The van der Waals surface area contributed by atoms with E-state index in [0.29, 0.717) is 12.1 Å². The van der Waals surface area contributed by atoms with Gasteiger partial charge in [-0.05, 0) is 69.0 Å². The molecule has 1 aromatic carbocycles. The summed E-state index contributed by atoms with van der Waals surface area (Å²) in [6, 6.07) is 7.34. The van der Waals surface area contributed by atoms with Crippen LogP contribution in [0.3, 0.4) is 0 Å². The van der Waals surface area contributed by atoms with E-state index in [-0.39, 0.29) is 11.9 Å². The van der Waals surface area contributed by atoms with Crippen LogP contribution in [0, 0.1) is 12.7 Å². The Morgan fingerprint density at radius 2 is 2.05 bits per heavy atom. The zero-order valence-electron chi connectivity index (χ0n) is 11.3. The fraction of sp³-hybridized carbons (Fsp3) is 0.267. The number of aryl methyl sites for hydroxylation is 1. The molecule has 1 N–H and O–H groups in total. The topological polar surface area (TPSA) is 24.9 Å². The minimum Gasteiger partial charge on any atom is -0.305 e. The van der Waals surface area contributed by atoms with Crippen molar-refractivity contribution in [2.75, 3.05) is 0 Å². The van der Waals surface area contributed by atoms with Crippen LogP contribution in [-0.4, -0.2) is 4.98 Å². The minimum atomic E-state index is -0.168. The first-order chi connectivity index (χ1) is 9.47. The van der Waals surface area contributed by atoms with Crippen LogP contribution in [0.25, 0.3) is 0 Å². The van der Waals surface area contributed by atoms with Crippen molar-refractivity contribution in [2.45, 2.75) is 26.4 Å². The Labute approximate surface area is 135 Å². The number of rotatable bonds is 4. The monoisotopic (exact) mass is 400 g/mol. The van der Waals surface area contributed by atoms with Gasteiger partial charge in [0.25, 0.3) is 0 Å². The summed E-state index contributed by atoms with van der Waals surface area (Å²) in [6.07, 6.45) is 1.76. The van der Waals surface area contributed by atoms with E-state index < -0.39 is 0 Å². The molecule has 0 radical (unpaired) electrons. The number of halogens is 3. The number of aromatic nitrogens is 1. The van der Waals surface area contributed by atoms with Crippen molar-refractivity contribution >= 4 is 31.9 Å². The van der Waals surface area contributed by atoms with Gasteiger partial charge in [-0.3, -0.25) is 4.98 Å². The van der Waals surface area contributed by atoms with Gasteiger partial charge in [0.2, 0.25) is 0 Å². The van der Waals surface area contributed by atoms with E-state index >= 15 is 0 Å². The van der Waals surface area contributed by atoms with Crippen molar-refractivity contribution in [2.24, 2.45) is 0 Å². The first kappa shape index (κ1) is 15.6. The quantitative estimate of drug-likeness (QED) is 0.787. The molecule has 0 aliphatic heterocycles. The highest BCUT2D eigenvalue weighted by Crippen LogP contribution is 2.21. The first-order valence-electron chi connectivity index (χ1n) is 6.26. The predicted octanol–water partition coefficient (Wildman–Crippen LogP) is 4.90. The predicted molar refractivity (Wildman–Crippen MR) is 86.0 cm³/mol. The molecule has 2 nitrogen and oxygen atoms in total. The Kier molecular flexibility index (Phi) is 5.29. The number of hydrogen-bond donors (Lipinski definition) is 1. The van der Waals surface area contributed by atoms with E-state index in [1.54, 1.807) is 25.3 Å². The molecule has 0 saturated carbocycles. The van der Waals surface area contributed by atoms with Crippen molar-refractivity contribution in [1.29, 1.82) is 0 Å². The SMILES string of the molecule is Cc1ccc(C(C)NCc2ncc(Br)cc2Br)cc1F. The van der Waals surface area contributed by atoms with Gasteiger partial charge in [-0.15, -0.1) is 0 Å². The highest BCUT2D eigenvalue weighted by atomic mass is 79.9. The van der Waals surface area contributed by atoms with Crippen molar-refractivity contribution in [3.05, 3.63) is 62.0 Å². The normalized spacial score (nSPS) is 12.4. The third kappa shape index (κ3) is 3.87. The lowest BCUT2D eigenvalue weighted by Crippen LogP contribution is -2.19. The molecule has 2 rings (SSSR count). The zero-order valence-corrected chi connectivity index (χ0v) is 14.4. The average molecular weight is 402 g/mol. The van der Waals surface area contributed by atoms with Gasteiger partial charge in [0, 0.05) is 27.7 Å². The summed E-state index contributed by atoms with van der Waals surface area (Å²) >= 11 is 6.86. The largest absolute Gasteiger partial charge is 0.305 e. The van der Waals surface area contributed by atoms with Crippen LogP contribution in [0.1, 0.15) is 29.8 Å². The van der Waals surface area contributed by atoms with Crippen molar-refractivity contribution < 1.29 is 4.39 Å². The third-order valence-electron chi connectivity index (χ3n) is 3.16. The van der Waals surface area contributed by atoms with Gasteiger partial charge in [-0.25, -0.2) is 4.39 Å². The second-order valence-electron chi connectivity index (χ2n) is 4.69. The second kappa shape index (κ2) is 6.78. The zero-order chi connectivity index (χ0) is 14.7. The number of hydrogen-bond acceptors (Lipinski definition) is 2. The van der Waals surface area contributed by atoms with Crippen molar-refractivity contribution in [3.63, 3.8) is 0 Å². The van der Waals surface area contributed by atoms with Gasteiger partial charge < -0.3 is 5.32 Å². The Balaban J connectivity index is 2.04. The molecule has 0 saturated heterocycles. The Morgan fingerprint density at radius 1 is 1.30 bits per heavy atom. The maximum atomic E-state index is 13.6. The van der Waals surface area contributed by atoms with Crippen LogP contribution < -0.4 is 5.32 Å². The van der Waals surface area contributed by atoms with E-state index in [0.717, 1.165) is 20.2 Å². The van der Waals surface area contributed by atoms with Crippen LogP contribution >= 0.6 is 31.9 Å². The number of pyridine rings is 1. The van der Waals surface area contributed by atoms with E-state index in [2.05, 4.69) is 42.2 Å². The summed E-state index contributed by atoms with van der Waals surface area (Å²) in [4.78, 5) is 4.34. The van der Waals surface area contributed by atoms with Gasteiger partial charge in [-0.2, -0.15) is 0 Å². The highest BCUT2D eigenvalue weighted by molar-refractivity contribution is 9.11. The molecule has 1 unspecified atom stereocenters. The summed E-state index contributed by atoms with van der Waals surface area (Å²) in [7, 11) is 0. The molecule has 2 aromatic rings. The summed E-state index contributed by atoms with van der Waals surface area (Å²) in [5.41, 5.74) is 2.52. The molecule has 0 bridgehead atoms. The van der Waals surface area contributed by atoms with E-state index in [1.165, 1.54) is 0 Å². The number of nitrogens with one attached hydrogen (secondary N) is 1. The molecule has 0 aliphatic rings. The lowest BCUT2D eigenvalue weighted by molar-refractivity contribution is 0.557. The summed E-state index contributed by atoms with van der Waals surface area (Å²) < 4.78 is 15.4. The molecule has 5 heteroatoms. The molecule has 0 amide bonds. The second-order valence-corrected chi connectivity index (χ2v) is 6.46. The van der Waals surface area contributed by atoms with Gasteiger partial charge in [-0.1, -0.05) is 12.1 Å². The van der Waals surface area contributed by atoms with Gasteiger partial charge >= 0.3 is 0 Å². The molecular weight excluding hydrogens is 387 g/mol. The lowest BCUT2D eigenvalue weighted by Gasteiger charge is -2.15. The van der Waals surface area contributed by atoms with Crippen molar-refractivity contribution in [1.82, 2.24) is 10.3 Å². The van der Waals surface area contributed by atoms with Crippen LogP contribution in [0.5, 0.6) is 0 Å². The number of benzene rings is 1. The van der Waals surface area contributed by atoms with Crippen LogP contribution in [0.15, 0.2) is 39.4 Å². The van der Waals surface area contributed by atoms with Gasteiger partial charge in [0.15, 0.2) is 0 Å². The van der Waals surface area contributed by atoms with Gasteiger partial charge in [0.05, 0.1) is 5.69 Å². The summed E-state index contributed by atoms with van der Waals surface area (Å²) in [5, 5.41) is 3.35. The van der Waals surface area contributed by atoms with E-state index in [4.69, 9.17) is 0 Å². The fourth-order valence-electron chi connectivity index (χ4n) is 1.82. The van der Waals surface area contributed by atoms with E-state index in [9.17, 15) is 4.39 Å². The molecule has 0 aliphatic carbocycles. The Hall–Kier alpha value is -0.780. The Bertz CT molecular complexity index is 617. The first-order valence-corrected chi connectivity index (χ1v) is 7.85. The fourth-order valence-corrected chi connectivity index (χ4v) is 2.95. The van der Waals surface area contributed by atoms with Gasteiger partial charge in [0.1, 0.15) is 5.82 Å². The van der Waals surface area contributed by atoms with Crippen LogP contribution in [0.2, 0.25) is 0 Å².